The predicted octanol–water partition coefficient (Wildman–Crippen LogP) is 5.21. The molecule has 0 radical (unpaired) electrons. The van der Waals surface area contributed by atoms with Crippen LogP contribution in [0.3, 0.4) is 0 Å². The number of hydrogen-bond acceptors (Lipinski definition) is 5. The fraction of sp³-hybridized carbons (Fsp3) is 0.368. The highest BCUT2D eigenvalue weighted by Gasteiger charge is 2.41. The van der Waals surface area contributed by atoms with Gasteiger partial charge in [-0.05, 0) is 50.1 Å². The normalized spacial score (nSPS) is 24.5. The lowest BCUT2D eigenvalue weighted by Gasteiger charge is -2.34. The fourth-order valence-electron chi connectivity index (χ4n) is 2.77. The number of rotatable bonds is 6. The van der Waals surface area contributed by atoms with Gasteiger partial charge in [0.25, 0.3) is 0 Å². The van der Waals surface area contributed by atoms with E-state index in [2.05, 4.69) is 5.32 Å². The molecule has 134 valence electrons. The topological polar surface area (TPSA) is 56.8 Å². The van der Waals surface area contributed by atoms with Crippen LogP contribution in [0.25, 0.3) is 0 Å². The highest BCUT2D eigenvalue weighted by atomic mass is 31.2. The molecule has 3 rings (SSSR count). The largest absolute Gasteiger partial charge is 0.494 e. The van der Waals surface area contributed by atoms with Crippen molar-refractivity contribution in [3.63, 3.8) is 0 Å². The highest BCUT2D eigenvalue weighted by molar-refractivity contribution is 7.54. The van der Waals surface area contributed by atoms with E-state index < -0.39 is 13.4 Å². The van der Waals surface area contributed by atoms with Crippen molar-refractivity contribution in [1.29, 1.82) is 0 Å². The minimum Gasteiger partial charge on any atom is -0.494 e. The molecule has 2 aromatic carbocycles. The van der Waals surface area contributed by atoms with E-state index in [4.69, 9.17) is 13.8 Å². The van der Waals surface area contributed by atoms with Crippen molar-refractivity contribution in [2.45, 2.75) is 32.2 Å². The van der Waals surface area contributed by atoms with E-state index in [0.29, 0.717) is 13.2 Å². The molecule has 1 aliphatic heterocycles. The second-order valence-corrected chi connectivity index (χ2v) is 8.06. The van der Waals surface area contributed by atoms with Gasteiger partial charge in [-0.2, -0.15) is 0 Å². The van der Waals surface area contributed by atoms with Crippen LogP contribution < -0.4 is 10.1 Å². The van der Waals surface area contributed by atoms with Gasteiger partial charge in [-0.25, -0.2) is 0 Å². The Morgan fingerprint density at radius 3 is 2.56 bits per heavy atom. The molecule has 0 saturated carbocycles. The van der Waals surface area contributed by atoms with Crippen molar-refractivity contribution in [2.75, 3.05) is 18.5 Å². The summed E-state index contributed by atoms with van der Waals surface area (Å²) in [5.41, 5.74) is 1.70. The quantitative estimate of drug-likeness (QED) is 0.716. The van der Waals surface area contributed by atoms with Gasteiger partial charge in [0.1, 0.15) is 5.75 Å². The molecule has 0 aliphatic carbocycles. The first-order valence-electron chi connectivity index (χ1n) is 8.58. The minimum absolute atomic E-state index is 0.0950. The van der Waals surface area contributed by atoms with Gasteiger partial charge in [0, 0.05) is 5.69 Å². The smallest absolute Gasteiger partial charge is 0.357 e. The number of hydrogen-bond donors (Lipinski definition) is 1. The zero-order valence-corrected chi connectivity index (χ0v) is 15.4. The molecular weight excluding hydrogens is 337 g/mol. The Morgan fingerprint density at radius 2 is 1.92 bits per heavy atom. The number of anilines is 1. The second-order valence-electron chi connectivity index (χ2n) is 5.99. The summed E-state index contributed by atoms with van der Waals surface area (Å²) in [7, 11) is -3.35. The molecule has 0 spiro atoms. The number of para-hydroxylation sites is 1. The predicted molar refractivity (Wildman–Crippen MR) is 99.1 cm³/mol. The van der Waals surface area contributed by atoms with Crippen LogP contribution in [0.15, 0.2) is 54.6 Å². The molecule has 0 aromatic heterocycles. The first kappa shape index (κ1) is 18.0. The average Bonchev–Trinajstić information content (AvgIpc) is 2.61. The van der Waals surface area contributed by atoms with Crippen LogP contribution in [0, 0.1) is 0 Å². The zero-order valence-electron chi connectivity index (χ0n) is 14.6. The van der Waals surface area contributed by atoms with E-state index in [0.717, 1.165) is 23.4 Å². The molecule has 6 heteroatoms. The molecule has 0 amide bonds. The van der Waals surface area contributed by atoms with Gasteiger partial charge in [0.15, 0.2) is 5.78 Å². The van der Waals surface area contributed by atoms with E-state index >= 15 is 0 Å². The Morgan fingerprint density at radius 1 is 1.20 bits per heavy atom. The van der Waals surface area contributed by atoms with Crippen molar-refractivity contribution in [1.82, 2.24) is 0 Å². The van der Waals surface area contributed by atoms with Crippen molar-refractivity contribution >= 4 is 13.3 Å². The number of ether oxygens (including phenoxy) is 1. The van der Waals surface area contributed by atoms with Gasteiger partial charge in [0.2, 0.25) is 0 Å². The lowest BCUT2D eigenvalue weighted by atomic mass is 10.2. The van der Waals surface area contributed by atoms with Gasteiger partial charge < -0.3 is 19.1 Å². The Kier molecular flexibility index (Phi) is 5.79. The molecule has 1 N–H and O–H groups in total. The summed E-state index contributed by atoms with van der Waals surface area (Å²) in [5, 5.41) is 3.32. The van der Waals surface area contributed by atoms with Crippen molar-refractivity contribution in [2.24, 2.45) is 0 Å². The molecule has 25 heavy (non-hydrogen) atoms. The van der Waals surface area contributed by atoms with Crippen LogP contribution in [0.5, 0.6) is 5.75 Å². The molecule has 1 heterocycles. The molecule has 5 nitrogen and oxygen atoms in total. The number of benzene rings is 2. The van der Waals surface area contributed by atoms with Crippen LogP contribution in [0.1, 0.15) is 31.6 Å². The van der Waals surface area contributed by atoms with Gasteiger partial charge in [-0.15, -0.1) is 0 Å². The third kappa shape index (κ3) is 4.43. The van der Waals surface area contributed by atoms with E-state index in [9.17, 15) is 4.57 Å². The molecule has 2 aromatic rings. The van der Waals surface area contributed by atoms with Gasteiger partial charge in [-0.1, -0.05) is 30.3 Å². The third-order valence-electron chi connectivity index (χ3n) is 4.02. The lowest BCUT2D eigenvalue weighted by molar-refractivity contribution is 0.0887. The Balaban J connectivity index is 1.92. The second kappa shape index (κ2) is 8.05. The van der Waals surface area contributed by atoms with Crippen molar-refractivity contribution in [3.05, 3.63) is 60.2 Å². The van der Waals surface area contributed by atoms with E-state index in [1.807, 2.05) is 68.4 Å². The summed E-state index contributed by atoms with van der Waals surface area (Å²) in [6.45, 7) is 4.90. The lowest BCUT2D eigenvalue weighted by Crippen LogP contribution is -2.23. The Bertz CT molecular complexity index is 720. The van der Waals surface area contributed by atoms with Crippen LogP contribution in [-0.2, 0) is 13.6 Å². The van der Waals surface area contributed by atoms with E-state index in [1.165, 1.54) is 0 Å². The summed E-state index contributed by atoms with van der Waals surface area (Å²) < 4.78 is 30.3. The summed E-state index contributed by atoms with van der Waals surface area (Å²) in [6, 6.07) is 17.2. The molecule has 0 unspecified atom stereocenters. The Labute approximate surface area is 148 Å². The SMILES string of the molecule is CCOc1ccc([C@H](Nc2ccccc2)[P@]2(=O)OCC[C@@H](C)O2)cc1. The standard InChI is InChI=1S/C19H24NO4P/c1-3-22-18-11-9-16(10-12-18)19(20-17-7-5-4-6-8-17)25(21)23-14-13-15(2)24-25/h4-12,15,19-20H,3,13-14H2,1-2H3/t15-,19-,25+/m1/s1. The zero-order chi connectivity index (χ0) is 17.7. The first-order valence-corrected chi connectivity index (χ1v) is 10.2. The van der Waals surface area contributed by atoms with Crippen LogP contribution >= 0.6 is 7.60 Å². The highest BCUT2D eigenvalue weighted by Crippen LogP contribution is 2.63. The number of nitrogens with one attached hydrogen (secondary N) is 1. The van der Waals surface area contributed by atoms with Crippen molar-refractivity contribution in [3.8, 4) is 5.75 Å². The summed E-state index contributed by atoms with van der Waals surface area (Å²) in [5.74, 6) is 0.204. The van der Waals surface area contributed by atoms with E-state index in [-0.39, 0.29) is 6.10 Å². The third-order valence-corrected chi connectivity index (χ3v) is 6.28. The van der Waals surface area contributed by atoms with Crippen molar-refractivity contribution < 1.29 is 18.3 Å². The molecule has 0 bridgehead atoms. The average molecular weight is 361 g/mol. The first-order chi connectivity index (χ1) is 12.1. The maximum atomic E-state index is 13.4. The molecule has 3 atom stereocenters. The molecule has 1 saturated heterocycles. The van der Waals surface area contributed by atoms with E-state index in [1.54, 1.807) is 0 Å². The van der Waals surface area contributed by atoms with Gasteiger partial charge in [-0.3, -0.25) is 4.57 Å². The van der Waals surface area contributed by atoms with Gasteiger partial charge >= 0.3 is 7.60 Å². The maximum Gasteiger partial charge on any atom is 0.357 e. The molecule has 1 fully saturated rings. The summed E-state index contributed by atoms with van der Waals surface area (Å²) in [6.07, 6.45) is 0.646. The van der Waals surface area contributed by atoms with Crippen LogP contribution in [-0.4, -0.2) is 19.3 Å². The Hall–Kier alpha value is -1.81. The summed E-state index contributed by atoms with van der Waals surface area (Å²) >= 11 is 0. The van der Waals surface area contributed by atoms with Crippen LogP contribution in [0.4, 0.5) is 5.69 Å². The maximum absolute atomic E-state index is 13.4. The molecular formula is C19H24NO4P. The summed E-state index contributed by atoms with van der Waals surface area (Å²) in [4.78, 5) is 0. The fourth-order valence-corrected chi connectivity index (χ4v) is 4.91. The van der Waals surface area contributed by atoms with Gasteiger partial charge in [0.05, 0.1) is 19.3 Å². The minimum atomic E-state index is -3.35. The van der Waals surface area contributed by atoms with Crippen LogP contribution in [0.2, 0.25) is 0 Å². The molecule has 1 aliphatic rings. The monoisotopic (exact) mass is 361 g/mol.